The highest BCUT2D eigenvalue weighted by Gasteiger charge is 2.30. The van der Waals surface area contributed by atoms with E-state index in [9.17, 15) is 18.0 Å². The highest BCUT2D eigenvalue weighted by Crippen LogP contribution is 2.23. The smallest absolute Gasteiger partial charge is 0.243 e. The van der Waals surface area contributed by atoms with Gasteiger partial charge in [0.25, 0.3) is 0 Å². The molecule has 1 N–H and O–H groups in total. The average molecular weight is 550 g/mol. The molecule has 0 aliphatic carbocycles. The summed E-state index contributed by atoms with van der Waals surface area (Å²) in [6.45, 7) is 10.0. The molecule has 0 bridgehead atoms. The molecule has 0 aliphatic heterocycles. The molecule has 204 valence electrons. The number of hydrogen-bond donors (Lipinski definition) is 1. The Balaban J connectivity index is 2.25. The van der Waals surface area contributed by atoms with Gasteiger partial charge in [-0.2, -0.15) is 0 Å². The third-order valence-corrected chi connectivity index (χ3v) is 8.18. The number of anilines is 1. The Labute approximate surface area is 227 Å². The lowest BCUT2D eigenvalue weighted by Crippen LogP contribution is -2.50. The Morgan fingerprint density at radius 2 is 1.70 bits per heavy atom. The first-order chi connectivity index (χ1) is 17.4. The van der Waals surface area contributed by atoms with Crippen LogP contribution in [0.4, 0.5) is 5.69 Å². The van der Waals surface area contributed by atoms with Crippen molar-refractivity contribution in [3.05, 3.63) is 64.2 Å². The van der Waals surface area contributed by atoms with Gasteiger partial charge in [-0.15, -0.1) is 0 Å². The van der Waals surface area contributed by atoms with Gasteiger partial charge in [-0.05, 0) is 74.9 Å². The molecule has 7 nitrogen and oxygen atoms in total. The number of nitrogens with one attached hydrogen (secondary N) is 1. The van der Waals surface area contributed by atoms with Crippen LogP contribution >= 0.6 is 11.6 Å². The van der Waals surface area contributed by atoms with Crippen LogP contribution in [0, 0.1) is 13.8 Å². The molecule has 2 rings (SSSR count). The van der Waals surface area contributed by atoms with Crippen LogP contribution < -0.4 is 9.62 Å². The zero-order valence-corrected chi connectivity index (χ0v) is 24.3. The van der Waals surface area contributed by atoms with Gasteiger partial charge in [0, 0.05) is 30.6 Å². The second-order valence-electron chi connectivity index (χ2n) is 9.56. The van der Waals surface area contributed by atoms with Gasteiger partial charge >= 0.3 is 0 Å². The SMILES string of the molecule is CC[C@@H](C)NC(=O)[C@H](CC)N(Cc1ccccc1Cl)C(=O)CCCN(c1ccc(C)c(C)c1)S(C)(=O)=O. The fraction of sp³-hybridized carbons (Fsp3) is 0.500. The minimum absolute atomic E-state index is 0.0138. The predicted molar refractivity (Wildman–Crippen MR) is 151 cm³/mol. The van der Waals surface area contributed by atoms with Crippen LogP contribution in [0.1, 0.15) is 63.1 Å². The molecule has 0 spiro atoms. The molecule has 0 heterocycles. The van der Waals surface area contributed by atoms with Crippen LogP contribution in [0.15, 0.2) is 42.5 Å². The van der Waals surface area contributed by atoms with Crippen LogP contribution in [0.5, 0.6) is 0 Å². The molecular formula is C28H40ClN3O4S. The lowest BCUT2D eigenvalue weighted by atomic mass is 10.1. The Morgan fingerprint density at radius 1 is 1.03 bits per heavy atom. The topological polar surface area (TPSA) is 86.8 Å². The maximum Gasteiger partial charge on any atom is 0.243 e. The lowest BCUT2D eigenvalue weighted by Gasteiger charge is -2.32. The number of carbonyl (C=O) groups excluding carboxylic acids is 2. The van der Waals surface area contributed by atoms with E-state index in [0.717, 1.165) is 23.1 Å². The van der Waals surface area contributed by atoms with Crippen molar-refractivity contribution < 1.29 is 18.0 Å². The number of rotatable bonds is 13. The summed E-state index contributed by atoms with van der Waals surface area (Å²) >= 11 is 6.38. The third kappa shape index (κ3) is 8.75. The number of nitrogens with zero attached hydrogens (tertiary/aromatic N) is 2. The lowest BCUT2D eigenvalue weighted by molar-refractivity contribution is -0.141. The van der Waals surface area contributed by atoms with Gasteiger partial charge in [0.15, 0.2) is 0 Å². The Hall–Kier alpha value is -2.58. The van der Waals surface area contributed by atoms with Crippen molar-refractivity contribution in [1.29, 1.82) is 0 Å². The van der Waals surface area contributed by atoms with Crippen molar-refractivity contribution in [1.82, 2.24) is 10.2 Å². The number of sulfonamides is 1. The first-order valence-corrected chi connectivity index (χ1v) is 15.0. The molecule has 0 aromatic heterocycles. The van der Waals surface area contributed by atoms with Gasteiger partial charge in [-0.1, -0.05) is 49.7 Å². The van der Waals surface area contributed by atoms with Gasteiger partial charge in [-0.25, -0.2) is 8.42 Å². The zero-order chi connectivity index (χ0) is 27.8. The molecule has 0 unspecified atom stereocenters. The maximum atomic E-state index is 13.5. The minimum atomic E-state index is -3.54. The highest BCUT2D eigenvalue weighted by molar-refractivity contribution is 7.92. The summed E-state index contributed by atoms with van der Waals surface area (Å²) in [6.07, 6.45) is 2.78. The second-order valence-corrected chi connectivity index (χ2v) is 11.9. The Kier molecular flexibility index (Phi) is 11.4. The molecule has 2 amide bonds. The summed E-state index contributed by atoms with van der Waals surface area (Å²) < 4.78 is 26.4. The summed E-state index contributed by atoms with van der Waals surface area (Å²) in [5.41, 5.74) is 3.39. The Morgan fingerprint density at radius 3 is 2.27 bits per heavy atom. The van der Waals surface area contributed by atoms with Crippen molar-refractivity contribution in [2.24, 2.45) is 0 Å². The summed E-state index contributed by atoms with van der Waals surface area (Å²) in [7, 11) is -3.54. The molecule has 2 atom stereocenters. The third-order valence-electron chi connectivity index (χ3n) is 6.62. The molecule has 9 heteroatoms. The molecule has 0 saturated carbocycles. The quantitative estimate of drug-likeness (QED) is 0.371. The van der Waals surface area contributed by atoms with Gasteiger partial charge in [0.1, 0.15) is 6.04 Å². The molecular weight excluding hydrogens is 510 g/mol. The Bertz CT molecular complexity index is 1190. The molecule has 0 saturated heterocycles. The normalized spacial score (nSPS) is 13.1. The van der Waals surface area contributed by atoms with E-state index in [2.05, 4.69) is 5.32 Å². The number of amides is 2. The molecule has 0 fully saturated rings. The van der Waals surface area contributed by atoms with Crippen molar-refractivity contribution >= 4 is 39.1 Å². The zero-order valence-electron chi connectivity index (χ0n) is 22.8. The van der Waals surface area contributed by atoms with Crippen molar-refractivity contribution in [3.8, 4) is 0 Å². The molecule has 0 aliphatic rings. The second kappa shape index (κ2) is 13.8. The van der Waals surface area contributed by atoms with E-state index in [0.29, 0.717) is 23.6 Å². The minimum Gasteiger partial charge on any atom is -0.352 e. The predicted octanol–water partition coefficient (Wildman–Crippen LogP) is 5.23. The van der Waals surface area contributed by atoms with E-state index < -0.39 is 16.1 Å². The van der Waals surface area contributed by atoms with E-state index in [1.165, 1.54) is 10.6 Å². The first-order valence-electron chi connectivity index (χ1n) is 12.8. The molecule has 2 aromatic rings. The van der Waals surface area contributed by atoms with Crippen LogP contribution in [0.3, 0.4) is 0 Å². The average Bonchev–Trinajstić information content (AvgIpc) is 2.83. The van der Waals surface area contributed by atoms with E-state index in [-0.39, 0.29) is 37.4 Å². The van der Waals surface area contributed by atoms with E-state index in [1.54, 1.807) is 17.0 Å². The highest BCUT2D eigenvalue weighted by atomic mass is 35.5. The summed E-state index contributed by atoms with van der Waals surface area (Å²) in [6, 6.07) is 12.1. The first kappa shape index (κ1) is 30.6. The van der Waals surface area contributed by atoms with Crippen LogP contribution in [0.2, 0.25) is 5.02 Å². The number of halogens is 1. The monoisotopic (exact) mass is 549 g/mol. The van der Waals surface area contributed by atoms with Gasteiger partial charge in [0.2, 0.25) is 21.8 Å². The number of hydrogen-bond acceptors (Lipinski definition) is 4. The van der Waals surface area contributed by atoms with Crippen molar-refractivity contribution in [2.75, 3.05) is 17.1 Å². The van der Waals surface area contributed by atoms with Gasteiger partial charge in [-0.3, -0.25) is 13.9 Å². The van der Waals surface area contributed by atoms with E-state index in [1.807, 2.05) is 65.0 Å². The van der Waals surface area contributed by atoms with E-state index >= 15 is 0 Å². The van der Waals surface area contributed by atoms with E-state index in [4.69, 9.17) is 11.6 Å². The molecule has 2 aromatic carbocycles. The standard InChI is InChI=1S/C28H40ClN3O4S/c1-7-22(5)30-28(34)26(8-2)31(19-23-12-9-10-13-25(23)29)27(33)14-11-17-32(37(6,35)36)24-16-15-20(3)21(4)18-24/h9-10,12-13,15-16,18,22,26H,7-8,11,14,17,19H2,1-6H3,(H,30,34)/t22-,26+/m1/s1. The number of benzene rings is 2. The summed E-state index contributed by atoms with van der Waals surface area (Å²) in [5, 5.41) is 3.51. The van der Waals surface area contributed by atoms with Crippen LogP contribution in [-0.4, -0.2) is 50.0 Å². The van der Waals surface area contributed by atoms with Crippen molar-refractivity contribution in [2.45, 2.75) is 78.9 Å². The summed E-state index contributed by atoms with van der Waals surface area (Å²) in [5.74, 6) is -0.426. The van der Waals surface area contributed by atoms with Gasteiger partial charge in [0.05, 0.1) is 11.9 Å². The maximum absolute atomic E-state index is 13.5. The summed E-state index contributed by atoms with van der Waals surface area (Å²) in [4.78, 5) is 28.2. The largest absolute Gasteiger partial charge is 0.352 e. The van der Waals surface area contributed by atoms with Crippen LogP contribution in [0.25, 0.3) is 0 Å². The van der Waals surface area contributed by atoms with Crippen molar-refractivity contribution in [3.63, 3.8) is 0 Å². The number of carbonyl (C=O) groups is 2. The van der Waals surface area contributed by atoms with Crippen LogP contribution in [-0.2, 0) is 26.2 Å². The fourth-order valence-electron chi connectivity index (χ4n) is 4.06. The van der Waals surface area contributed by atoms with Gasteiger partial charge < -0.3 is 10.2 Å². The molecule has 37 heavy (non-hydrogen) atoms. The fourth-order valence-corrected chi connectivity index (χ4v) is 5.21. The number of aryl methyl sites for hydroxylation is 2. The molecule has 0 radical (unpaired) electrons.